The summed E-state index contributed by atoms with van der Waals surface area (Å²) in [6, 6.07) is 11.2. The van der Waals surface area contributed by atoms with Gasteiger partial charge in [-0.05, 0) is 43.3 Å². The van der Waals surface area contributed by atoms with Gasteiger partial charge in [0.2, 0.25) is 10.0 Å². The number of hydrogen-bond acceptors (Lipinski definition) is 6. The fourth-order valence-electron chi connectivity index (χ4n) is 2.15. The van der Waals surface area contributed by atoms with Crippen molar-refractivity contribution >= 4 is 16.0 Å². The molecule has 0 N–H and O–H groups in total. The predicted octanol–water partition coefficient (Wildman–Crippen LogP) is 1.84. The van der Waals surface area contributed by atoms with E-state index in [1.165, 1.54) is 19.2 Å². The van der Waals surface area contributed by atoms with Crippen LogP contribution in [0.25, 0.3) is 0 Å². The van der Waals surface area contributed by atoms with E-state index in [2.05, 4.69) is 4.98 Å². The van der Waals surface area contributed by atoms with E-state index in [0.717, 1.165) is 4.31 Å². The largest absolute Gasteiger partial charge is 0.497 e. The van der Waals surface area contributed by atoms with Crippen molar-refractivity contribution in [2.75, 3.05) is 20.3 Å². The molecule has 2 rings (SSSR count). The van der Waals surface area contributed by atoms with Crippen LogP contribution in [0, 0.1) is 0 Å². The number of sulfonamides is 1. The normalized spacial score (nSPS) is 11.3. The second-order valence-corrected chi connectivity index (χ2v) is 7.01. The van der Waals surface area contributed by atoms with Crippen molar-refractivity contribution < 1.29 is 22.7 Å². The Balaban J connectivity index is 2.32. The summed E-state index contributed by atoms with van der Waals surface area (Å²) >= 11 is 0. The fourth-order valence-corrected chi connectivity index (χ4v) is 3.50. The van der Waals surface area contributed by atoms with Gasteiger partial charge in [-0.2, -0.15) is 4.31 Å². The average molecular weight is 364 g/mol. The molecule has 7 nitrogen and oxygen atoms in total. The summed E-state index contributed by atoms with van der Waals surface area (Å²) in [5.41, 5.74) is 0.531. The maximum atomic E-state index is 12.9. The van der Waals surface area contributed by atoms with Crippen molar-refractivity contribution in [2.24, 2.45) is 0 Å². The molecule has 0 radical (unpaired) electrons. The third-order valence-electron chi connectivity index (χ3n) is 3.37. The van der Waals surface area contributed by atoms with Crippen molar-refractivity contribution in [2.45, 2.75) is 18.4 Å². The van der Waals surface area contributed by atoms with E-state index in [0.29, 0.717) is 11.4 Å². The number of carbonyl (C=O) groups is 1. The summed E-state index contributed by atoms with van der Waals surface area (Å²) in [6.07, 6.45) is 1.57. The maximum absolute atomic E-state index is 12.9. The second kappa shape index (κ2) is 8.59. The van der Waals surface area contributed by atoms with Gasteiger partial charge in [0.25, 0.3) is 0 Å². The molecule has 0 spiro atoms. The number of hydrogen-bond donors (Lipinski definition) is 0. The molecule has 0 saturated carbocycles. The highest BCUT2D eigenvalue weighted by molar-refractivity contribution is 7.89. The molecular weight excluding hydrogens is 344 g/mol. The van der Waals surface area contributed by atoms with E-state index >= 15 is 0 Å². The highest BCUT2D eigenvalue weighted by atomic mass is 32.2. The van der Waals surface area contributed by atoms with E-state index in [1.54, 1.807) is 43.5 Å². The van der Waals surface area contributed by atoms with Crippen molar-refractivity contribution in [1.29, 1.82) is 0 Å². The van der Waals surface area contributed by atoms with E-state index < -0.39 is 22.5 Å². The number of methoxy groups -OCH3 is 1. The molecule has 0 aliphatic heterocycles. The van der Waals surface area contributed by atoms with Gasteiger partial charge < -0.3 is 9.47 Å². The fraction of sp³-hybridized carbons (Fsp3) is 0.294. The Kier molecular flexibility index (Phi) is 6.49. The lowest BCUT2D eigenvalue weighted by Gasteiger charge is -2.21. The Labute approximate surface area is 147 Å². The van der Waals surface area contributed by atoms with Gasteiger partial charge in [-0.1, -0.05) is 6.07 Å². The van der Waals surface area contributed by atoms with Crippen molar-refractivity contribution in [1.82, 2.24) is 9.29 Å². The van der Waals surface area contributed by atoms with Crippen molar-refractivity contribution in [3.8, 4) is 5.75 Å². The zero-order valence-corrected chi connectivity index (χ0v) is 14.9. The molecule has 0 atom stereocenters. The lowest BCUT2D eigenvalue weighted by molar-refractivity contribution is -0.143. The van der Waals surface area contributed by atoms with Crippen LogP contribution in [-0.2, 0) is 26.1 Å². The third kappa shape index (κ3) is 5.01. The number of aromatic nitrogens is 1. The van der Waals surface area contributed by atoms with Gasteiger partial charge in [-0.25, -0.2) is 8.42 Å². The molecule has 1 aromatic carbocycles. The van der Waals surface area contributed by atoms with Gasteiger partial charge in [-0.3, -0.25) is 9.78 Å². The summed E-state index contributed by atoms with van der Waals surface area (Å²) in [5.74, 6) is -0.0730. The van der Waals surface area contributed by atoms with Crippen LogP contribution >= 0.6 is 0 Å². The van der Waals surface area contributed by atoms with Crippen LogP contribution in [0.3, 0.4) is 0 Å². The maximum Gasteiger partial charge on any atom is 0.321 e. The summed E-state index contributed by atoms with van der Waals surface area (Å²) < 4.78 is 36.8. The molecule has 0 aliphatic rings. The SMILES string of the molecule is CCOC(=O)CN(Cc1ccccn1)S(=O)(=O)c1ccc(OC)cc1. The molecule has 0 bridgehead atoms. The monoisotopic (exact) mass is 364 g/mol. The molecule has 25 heavy (non-hydrogen) atoms. The minimum Gasteiger partial charge on any atom is -0.497 e. The standard InChI is InChI=1S/C17H20N2O5S/c1-3-24-17(20)13-19(12-14-6-4-5-11-18-14)25(21,22)16-9-7-15(23-2)8-10-16/h4-11H,3,12-13H2,1-2H3. The molecule has 134 valence electrons. The van der Waals surface area contributed by atoms with Gasteiger partial charge >= 0.3 is 5.97 Å². The first-order valence-electron chi connectivity index (χ1n) is 7.67. The number of nitrogens with zero attached hydrogens (tertiary/aromatic N) is 2. The zero-order chi connectivity index (χ0) is 18.3. The summed E-state index contributed by atoms with van der Waals surface area (Å²) in [6.45, 7) is 1.42. The molecule has 0 fully saturated rings. The first-order chi connectivity index (χ1) is 12.0. The Bertz CT molecular complexity index is 792. The van der Waals surface area contributed by atoms with Gasteiger partial charge in [0.15, 0.2) is 0 Å². The predicted molar refractivity (Wildman–Crippen MR) is 91.5 cm³/mol. The Hall–Kier alpha value is -2.45. The summed E-state index contributed by atoms with van der Waals surface area (Å²) in [4.78, 5) is 16.0. The summed E-state index contributed by atoms with van der Waals surface area (Å²) in [5, 5.41) is 0. The second-order valence-electron chi connectivity index (χ2n) is 5.07. The Morgan fingerprint density at radius 3 is 2.44 bits per heavy atom. The van der Waals surface area contributed by atoms with Gasteiger partial charge in [0.05, 0.1) is 30.9 Å². The molecule has 2 aromatic rings. The van der Waals surface area contributed by atoms with Gasteiger partial charge in [0.1, 0.15) is 12.3 Å². The number of esters is 1. The first kappa shape index (κ1) is 18.9. The Morgan fingerprint density at radius 2 is 1.88 bits per heavy atom. The van der Waals surface area contributed by atoms with Gasteiger partial charge in [-0.15, -0.1) is 0 Å². The molecule has 0 aliphatic carbocycles. The highest BCUT2D eigenvalue weighted by Gasteiger charge is 2.27. The van der Waals surface area contributed by atoms with Crippen molar-refractivity contribution in [3.63, 3.8) is 0 Å². The number of carbonyl (C=O) groups excluding carboxylic acids is 1. The van der Waals surface area contributed by atoms with Crippen LogP contribution in [0.15, 0.2) is 53.6 Å². The van der Waals surface area contributed by atoms with E-state index in [4.69, 9.17) is 9.47 Å². The molecule has 1 heterocycles. The quantitative estimate of drug-likeness (QED) is 0.665. The number of benzene rings is 1. The zero-order valence-electron chi connectivity index (χ0n) is 14.1. The number of rotatable bonds is 8. The van der Waals surface area contributed by atoms with Crippen LogP contribution < -0.4 is 4.74 Å². The van der Waals surface area contributed by atoms with Crippen LogP contribution in [0.4, 0.5) is 0 Å². The molecule has 0 saturated heterocycles. The van der Waals surface area contributed by atoms with E-state index in [-0.39, 0.29) is 18.0 Å². The molecule has 0 amide bonds. The average Bonchev–Trinajstić information content (AvgIpc) is 2.62. The van der Waals surface area contributed by atoms with Crippen molar-refractivity contribution in [3.05, 3.63) is 54.4 Å². The van der Waals surface area contributed by atoms with E-state index in [9.17, 15) is 13.2 Å². The summed E-state index contributed by atoms with van der Waals surface area (Å²) in [7, 11) is -2.40. The third-order valence-corrected chi connectivity index (χ3v) is 5.18. The Morgan fingerprint density at radius 1 is 1.16 bits per heavy atom. The highest BCUT2D eigenvalue weighted by Crippen LogP contribution is 2.21. The lowest BCUT2D eigenvalue weighted by atomic mass is 10.3. The topological polar surface area (TPSA) is 85.8 Å². The van der Waals surface area contributed by atoms with Crippen LogP contribution in [0.1, 0.15) is 12.6 Å². The van der Waals surface area contributed by atoms with Gasteiger partial charge in [0, 0.05) is 6.20 Å². The lowest BCUT2D eigenvalue weighted by Crippen LogP contribution is -2.36. The van der Waals surface area contributed by atoms with Crippen LogP contribution in [0.5, 0.6) is 5.75 Å². The smallest absolute Gasteiger partial charge is 0.321 e. The minimum absolute atomic E-state index is 0.0337. The first-order valence-corrected chi connectivity index (χ1v) is 9.11. The van der Waals surface area contributed by atoms with Crippen LogP contribution in [-0.4, -0.2) is 43.9 Å². The number of pyridine rings is 1. The minimum atomic E-state index is -3.90. The number of ether oxygens (including phenoxy) is 2. The molecule has 8 heteroatoms. The van der Waals surface area contributed by atoms with E-state index in [1.807, 2.05) is 0 Å². The molecular formula is C17H20N2O5S. The molecule has 0 unspecified atom stereocenters. The van der Waals surface area contributed by atoms with Crippen LogP contribution in [0.2, 0.25) is 0 Å². The molecule has 1 aromatic heterocycles.